The highest BCUT2D eigenvalue weighted by molar-refractivity contribution is 5.88. The van der Waals surface area contributed by atoms with E-state index >= 15 is 0 Å². The molecule has 0 spiro atoms. The van der Waals surface area contributed by atoms with Gasteiger partial charge in [-0.15, -0.1) is 0 Å². The van der Waals surface area contributed by atoms with E-state index in [4.69, 9.17) is 19.2 Å². The molecule has 4 rings (SSSR count). The standard InChI is InChI=1S/C33H49N3O4/c1-9-39-31(37)30(40-32(4,5)6)28-24(3)34-23(2)27(29(28)36-16-14-33(7,8)15-17-36)26-12-10-25(11-13-26)22-35-18-20-38-21-19-35/h10-13,30H,9,14-22H2,1-8H3/t30-/m0/s1. The Hall–Kier alpha value is -2.48. The third kappa shape index (κ3) is 7.42. The number of pyridine rings is 1. The zero-order valence-corrected chi connectivity index (χ0v) is 25.9. The molecule has 2 saturated heterocycles. The van der Waals surface area contributed by atoms with Crippen molar-refractivity contribution >= 4 is 11.7 Å². The average molecular weight is 552 g/mol. The second-order valence-corrected chi connectivity index (χ2v) is 13.0. The summed E-state index contributed by atoms with van der Waals surface area (Å²) in [5.74, 6) is -0.364. The van der Waals surface area contributed by atoms with Gasteiger partial charge in [0.2, 0.25) is 0 Å². The van der Waals surface area contributed by atoms with Gasteiger partial charge >= 0.3 is 5.97 Å². The van der Waals surface area contributed by atoms with E-state index in [1.165, 1.54) is 5.56 Å². The monoisotopic (exact) mass is 551 g/mol. The molecular formula is C33H49N3O4. The lowest BCUT2D eigenvalue weighted by atomic mass is 9.81. The highest BCUT2D eigenvalue weighted by Crippen LogP contribution is 2.45. The van der Waals surface area contributed by atoms with E-state index in [0.29, 0.717) is 6.61 Å². The number of rotatable bonds is 8. The van der Waals surface area contributed by atoms with Crippen molar-refractivity contribution in [3.8, 4) is 11.1 Å². The fraction of sp³-hybridized carbons (Fsp3) is 0.636. The maximum absolute atomic E-state index is 13.5. The molecule has 2 fully saturated rings. The molecule has 0 radical (unpaired) electrons. The Morgan fingerprint density at radius 2 is 1.65 bits per heavy atom. The number of benzene rings is 1. The maximum Gasteiger partial charge on any atom is 0.340 e. The van der Waals surface area contributed by atoms with Crippen LogP contribution in [0.4, 0.5) is 5.69 Å². The fourth-order valence-electron chi connectivity index (χ4n) is 5.76. The van der Waals surface area contributed by atoms with Crippen LogP contribution in [0.2, 0.25) is 0 Å². The van der Waals surface area contributed by atoms with E-state index in [-0.39, 0.29) is 11.4 Å². The minimum atomic E-state index is -0.864. The number of hydrogen-bond acceptors (Lipinski definition) is 7. The summed E-state index contributed by atoms with van der Waals surface area (Å²) in [6.07, 6.45) is 1.29. The van der Waals surface area contributed by atoms with Crippen molar-refractivity contribution in [1.82, 2.24) is 9.88 Å². The summed E-state index contributed by atoms with van der Waals surface area (Å²) in [6.45, 7) is 23.1. The summed E-state index contributed by atoms with van der Waals surface area (Å²) in [5.41, 5.74) is 6.86. The molecule has 0 saturated carbocycles. The van der Waals surface area contributed by atoms with Gasteiger partial charge in [-0.3, -0.25) is 9.88 Å². The molecule has 40 heavy (non-hydrogen) atoms. The first kappa shape index (κ1) is 30.5. The lowest BCUT2D eigenvalue weighted by Gasteiger charge is -2.41. The Morgan fingerprint density at radius 3 is 2.23 bits per heavy atom. The van der Waals surface area contributed by atoms with Crippen LogP contribution in [0.3, 0.4) is 0 Å². The number of morpholine rings is 1. The van der Waals surface area contributed by atoms with Gasteiger partial charge in [-0.2, -0.15) is 0 Å². The third-order valence-electron chi connectivity index (χ3n) is 8.00. The van der Waals surface area contributed by atoms with Crippen molar-refractivity contribution in [1.29, 1.82) is 0 Å². The molecule has 2 aromatic rings. The minimum absolute atomic E-state index is 0.289. The van der Waals surface area contributed by atoms with Crippen LogP contribution in [-0.4, -0.2) is 67.5 Å². The lowest BCUT2D eigenvalue weighted by Crippen LogP contribution is -2.39. The molecule has 1 atom stereocenters. The van der Waals surface area contributed by atoms with Crippen LogP contribution in [0.5, 0.6) is 0 Å². The Kier molecular flexibility index (Phi) is 9.59. The number of esters is 1. The Labute approximate surface area is 241 Å². The molecular weight excluding hydrogens is 502 g/mol. The number of ether oxygens (including phenoxy) is 3. The molecule has 2 aliphatic rings. The second kappa shape index (κ2) is 12.6. The normalized spacial score (nSPS) is 18.9. The van der Waals surface area contributed by atoms with E-state index in [0.717, 1.165) is 92.5 Å². The molecule has 0 N–H and O–H groups in total. The van der Waals surface area contributed by atoms with Crippen molar-refractivity contribution in [2.24, 2.45) is 5.41 Å². The zero-order valence-electron chi connectivity index (χ0n) is 25.9. The van der Waals surface area contributed by atoms with Gasteiger partial charge in [-0.1, -0.05) is 38.1 Å². The van der Waals surface area contributed by atoms with Crippen LogP contribution in [-0.2, 0) is 25.5 Å². The van der Waals surface area contributed by atoms with E-state index in [9.17, 15) is 4.79 Å². The molecule has 7 nitrogen and oxygen atoms in total. The van der Waals surface area contributed by atoms with E-state index < -0.39 is 11.7 Å². The van der Waals surface area contributed by atoms with Gasteiger partial charge in [0, 0.05) is 55.2 Å². The lowest BCUT2D eigenvalue weighted by molar-refractivity contribution is -0.166. The molecule has 2 aliphatic heterocycles. The smallest absolute Gasteiger partial charge is 0.340 e. The molecule has 1 aromatic heterocycles. The van der Waals surface area contributed by atoms with Crippen LogP contribution in [0.15, 0.2) is 24.3 Å². The highest BCUT2D eigenvalue weighted by atomic mass is 16.6. The zero-order chi connectivity index (χ0) is 29.1. The first-order valence-corrected chi connectivity index (χ1v) is 14.9. The number of aromatic nitrogens is 1. The van der Waals surface area contributed by atoms with Crippen LogP contribution in [0.25, 0.3) is 11.1 Å². The van der Waals surface area contributed by atoms with Crippen molar-refractivity contribution in [2.45, 2.75) is 86.5 Å². The summed E-state index contributed by atoms with van der Waals surface area (Å²) in [7, 11) is 0. The Balaban J connectivity index is 1.83. The quantitative estimate of drug-likeness (QED) is 0.360. The van der Waals surface area contributed by atoms with Gasteiger partial charge < -0.3 is 19.1 Å². The van der Waals surface area contributed by atoms with Crippen LogP contribution < -0.4 is 4.90 Å². The molecule has 1 aromatic carbocycles. The van der Waals surface area contributed by atoms with Crippen LogP contribution in [0, 0.1) is 19.3 Å². The first-order chi connectivity index (χ1) is 18.9. The number of nitrogens with zero attached hydrogens (tertiary/aromatic N) is 3. The SMILES string of the molecule is CCOC(=O)[C@@H](OC(C)(C)C)c1c(C)nc(C)c(-c2ccc(CN3CCOCC3)cc2)c1N1CCC(C)(C)CC1. The average Bonchev–Trinajstić information content (AvgIpc) is 2.88. The fourth-order valence-corrected chi connectivity index (χ4v) is 5.76. The Bertz CT molecular complexity index is 1150. The molecule has 0 unspecified atom stereocenters. The number of carbonyl (C=O) groups excluding carboxylic acids is 1. The first-order valence-electron chi connectivity index (χ1n) is 14.9. The predicted octanol–water partition coefficient (Wildman–Crippen LogP) is 6.24. The van der Waals surface area contributed by atoms with Crippen LogP contribution in [0.1, 0.15) is 83.0 Å². The molecule has 3 heterocycles. The molecule has 0 aliphatic carbocycles. The van der Waals surface area contributed by atoms with Gasteiger partial charge in [0.1, 0.15) is 0 Å². The van der Waals surface area contributed by atoms with Crippen molar-refractivity contribution in [3.63, 3.8) is 0 Å². The van der Waals surface area contributed by atoms with Crippen molar-refractivity contribution < 1.29 is 19.0 Å². The van der Waals surface area contributed by atoms with E-state index in [2.05, 4.69) is 54.8 Å². The molecule has 0 bridgehead atoms. The number of piperidine rings is 1. The van der Waals surface area contributed by atoms with Crippen molar-refractivity contribution in [2.75, 3.05) is 50.9 Å². The highest BCUT2D eigenvalue weighted by Gasteiger charge is 2.37. The summed E-state index contributed by atoms with van der Waals surface area (Å²) < 4.78 is 17.6. The van der Waals surface area contributed by atoms with Gasteiger partial charge in [-0.25, -0.2) is 4.79 Å². The minimum Gasteiger partial charge on any atom is -0.464 e. The topological polar surface area (TPSA) is 64.1 Å². The third-order valence-corrected chi connectivity index (χ3v) is 8.00. The maximum atomic E-state index is 13.5. The van der Waals surface area contributed by atoms with Gasteiger partial charge in [0.25, 0.3) is 0 Å². The van der Waals surface area contributed by atoms with Gasteiger partial charge in [-0.05, 0) is 70.9 Å². The molecule has 7 heteroatoms. The molecule has 220 valence electrons. The van der Waals surface area contributed by atoms with E-state index in [1.807, 2.05) is 34.6 Å². The van der Waals surface area contributed by atoms with Gasteiger partial charge in [0.05, 0.1) is 31.1 Å². The van der Waals surface area contributed by atoms with Crippen LogP contribution >= 0.6 is 0 Å². The Morgan fingerprint density at radius 1 is 1.02 bits per heavy atom. The summed E-state index contributed by atoms with van der Waals surface area (Å²) in [5, 5.41) is 0. The summed E-state index contributed by atoms with van der Waals surface area (Å²) in [6, 6.07) is 8.86. The summed E-state index contributed by atoms with van der Waals surface area (Å²) in [4.78, 5) is 23.4. The second-order valence-electron chi connectivity index (χ2n) is 13.0. The largest absolute Gasteiger partial charge is 0.464 e. The van der Waals surface area contributed by atoms with E-state index in [1.54, 1.807) is 0 Å². The number of anilines is 1. The number of carbonyl (C=O) groups is 1. The number of hydrogen-bond donors (Lipinski definition) is 0. The molecule has 0 amide bonds. The predicted molar refractivity (Wildman–Crippen MR) is 161 cm³/mol. The summed E-state index contributed by atoms with van der Waals surface area (Å²) >= 11 is 0. The number of aryl methyl sites for hydroxylation is 2. The van der Waals surface area contributed by atoms with Gasteiger partial charge in [0.15, 0.2) is 6.10 Å². The van der Waals surface area contributed by atoms with Crippen molar-refractivity contribution in [3.05, 3.63) is 46.8 Å².